The Bertz CT molecular complexity index is 801. The van der Waals surface area contributed by atoms with Crippen molar-refractivity contribution in [1.82, 2.24) is 15.1 Å². The molecular formula is C24H34N4O2. The van der Waals surface area contributed by atoms with Gasteiger partial charge in [0.25, 0.3) is 0 Å². The van der Waals surface area contributed by atoms with Gasteiger partial charge in [-0.2, -0.15) is 0 Å². The number of methoxy groups -OCH3 is 1. The lowest BCUT2D eigenvalue weighted by Gasteiger charge is -2.27. The van der Waals surface area contributed by atoms with Gasteiger partial charge in [-0.1, -0.05) is 36.4 Å². The van der Waals surface area contributed by atoms with Crippen molar-refractivity contribution in [2.45, 2.75) is 26.6 Å². The van der Waals surface area contributed by atoms with Gasteiger partial charge in [-0.3, -0.25) is 4.90 Å². The minimum absolute atomic E-state index is 0.662. The third-order valence-corrected chi connectivity index (χ3v) is 5.29. The Balaban J connectivity index is 1.67. The summed E-state index contributed by atoms with van der Waals surface area (Å²) in [6.45, 7) is 8.95. The van der Waals surface area contributed by atoms with Gasteiger partial charge in [-0.15, -0.1) is 0 Å². The van der Waals surface area contributed by atoms with Gasteiger partial charge < -0.3 is 19.7 Å². The molecule has 0 atom stereocenters. The smallest absolute Gasteiger partial charge is 0.194 e. The lowest BCUT2D eigenvalue weighted by atomic mass is 10.1. The van der Waals surface area contributed by atoms with Crippen molar-refractivity contribution in [1.29, 1.82) is 0 Å². The maximum Gasteiger partial charge on any atom is 0.194 e. The van der Waals surface area contributed by atoms with Crippen LogP contribution in [0.5, 0.6) is 5.75 Å². The molecule has 0 bridgehead atoms. The van der Waals surface area contributed by atoms with Gasteiger partial charge in [-0.05, 0) is 35.7 Å². The highest BCUT2D eigenvalue weighted by Gasteiger charge is 2.13. The quantitative estimate of drug-likeness (QED) is 0.535. The van der Waals surface area contributed by atoms with Crippen molar-refractivity contribution in [2.75, 3.05) is 47.0 Å². The molecule has 0 aliphatic carbocycles. The summed E-state index contributed by atoms with van der Waals surface area (Å²) < 4.78 is 10.7. The largest absolute Gasteiger partial charge is 0.497 e. The molecule has 30 heavy (non-hydrogen) atoms. The van der Waals surface area contributed by atoms with Crippen LogP contribution >= 0.6 is 0 Å². The molecule has 1 aliphatic heterocycles. The summed E-state index contributed by atoms with van der Waals surface area (Å²) in [5, 5.41) is 3.42. The molecule has 162 valence electrons. The predicted molar refractivity (Wildman–Crippen MR) is 122 cm³/mol. The van der Waals surface area contributed by atoms with Crippen LogP contribution in [0.1, 0.15) is 23.6 Å². The first-order chi connectivity index (χ1) is 14.7. The number of ether oxygens (including phenoxy) is 2. The SMILES string of the molecule is CCNC(=NCc1ccccc1CN1CCOCC1)N(C)Cc1ccc(OC)cc1. The molecule has 0 unspecified atom stereocenters. The molecule has 1 aliphatic rings. The molecule has 1 fully saturated rings. The molecule has 2 aromatic rings. The fourth-order valence-electron chi connectivity index (χ4n) is 3.58. The highest BCUT2D eigenvalue weighted by atomic mass is 16.5. The Morgan fingerprint density at radius 2 is 1.80 bits per heavy atom. The average Bonchev–Trinajstić information content (AvgIpc) is 2.78. The summed E-state index contributed by atoms with van der Waals surface area (Å²) in [5.41, 5.74) is 3.84. The molecule has 6 heteroatoms. The Labute approximate surface area is 180 Å². The van der Waals surface area contributed by atoms with Crippen LogP contribution < -0.4 is 10.1 Å². The summed E-state index contributed by atoms with van der Waals surface area (Å²) in [6, 6.07) is 16.8. The fourth-order valence-corrected chi connectivity index (χ4v) is 3.58. The van der Waals surface area contributed by atoms with Gasteiger partial charge in [0, 0.05) is 39.8 Å². The molecule has 1 N–H and O–H groups in total. The Morgan fingerprint density at radius 1 is 1.10 bits per heavy atom. The molecule has 0 radical (unpaired) electrons. The first-order valence-electron chi connectivity index (χ1n) is 10.7. The summed E-state index contributed by atoms with van der Waals surface area (Å²) in [4.78, 5) is 9.54. The van der Waals surface area contributed by atoms with Crippen LogP contribution in [0.2, 0.25) is 0 Å². The maximum absolute atomic E-state index is 5.48. The van der Waals surface area contributed by atoms with Crippen LogP contribution in [0.4, 0.5) is 0 Å². The summed E-state index contributed by atoms with van der Waals surface area (Å²) in [6.07, 6.45) is 0. The highest BCUT2D eigenvalue weighted by molar-refractivity contribution is 5.79. The van der Waals surface area contributed by atoms with E-state index in [-0.39, 0.29) is 0 Å². The van der Waals surface area contributed by atoms with Crippen LogP contribution in [-0.4, -0.2) is 62.8 Å². The third-order valence-electron chi connectivity index (χ3n) is 5.29. The Kier molecular flexibility index (Phi) is 8.53. The number of morpholine rings is 1. The molecular weight excluding hydrogens is 376 g/mol. The second kappa shape index (κ2) is 11.6. The standard InChI is InChI=1S/C24H34N4O2/c1-4-25-24(27(2)18-20-9-11-23(29-3)12-10-20)26-17-21-7-5-6-8-22(21)19-28-13-15-30-16-14-28/h5-12H,4,13-19H2,1-3H3,(H,25,26). The second-order valence-electron chi connectivity index (χ2n) is 7.53. The number of nitrogens with zero attached hydrogens (tertiary/aromatic N) is 3. The molecule has 0 aromatic heterocycles. The zero-order chi connectivity index (χ0) is 21.2. The van der Waals surface area contributed by atoms with E-state index >= 15 is 0 Å². The lowest BCUT2D eigenvalue weighted by Crippen LogP contribution is -2.38. The van der Waals surface area contributed by atoms with Crippen molar-refractivity contribution >= 4 is 5.96 Å². The average molecular weight is 411 g/mol. The Morgan fingerprint density at radius 3 is 2.47 bits per heavy atom. The zero-order valence-corrected chi connectivity index (χ0v) is 18.4. The number of hydrogen-bond acceptors (Lipinski definition) is 4. The third kappa shape index (κ3) is 6.47. The van der Waals surface area contributed by atoms with Gasteiger partial charge in [0.1, 0.15) is 5.75 Å². The second-order valence-corrected chi connectivity index (χ2v) is 7.53. The fraction of sp³-hybridized carbons (Fsp3) is 0.458. The first kappa shape index (κ1) is 22.1. The number of nitrogens with one attached hydrogen (secondary N) is 1. The summed E-state index contributed by atoms with van der Waals surface area (Å²) in [7, 11) is 3.76. The van der Waals surface area contributed by atoms with Crippen LogP contribution in [-0.2, 0) is 24.4 Å². The van der Waals surface area contributed by atoms with Crippen LogP contribution in [0, 0.1) is 0 Å². The van der Waals surface area contributed by atoms with E-state index in [1.54, 1.807) is 7.11 Å². The molecule has 1 saturated heterocycles. The topological polar surface area (TPSA) is 49.3 Å². The predicted octanol–water partition coefficient (Wildman–Crippen LogP) is 3.12. The van der Waals surface area contributed by atoms with Gasteiger partial charge in [0.05, 0.1) is 26.9 Å². The van der Waals surface area contributed by atoms with Crippen LogP contribution in [0.25, 0.3) is 0 Å². The van der Waals surface area contributed by atoms with Gasteiger partial charge in [0.15, 0.2) is 5.96 Å². The van der Waals surface area contributed by atoms with E-state index < -0.39 is 0 Å². The molecule has 0 saturated carbocycles. The van der Waals surface area contributed by atoms with Crippen LogP contribution in [0.15, 0.2) is 53.5 Å². The lowest BCUT2D eigenvalue weighted by molar-refractivity contribution is 0.0341. The molecule has 3 rings (SSSR count). The maximum atomic E-state index is 5.48. The molecule has 2 aromatic carbocycles. The molecule has 0 spiro atoms. The normalized spacial score (nSPS) is 15.1. The van der Waals surface area contributed by atoms with E-state index in [2.05, 4.69) is 65.5 Å². The number of rotatable bonds is 8. The molecule has 0 amide bonds. The number of hydrogen-bond donors (Lipinski definition) is 1. The van der Waals surface area contributed by atoms with E-state index in [0.29, 0.717) is 6.54 Å². The van der Waals surface area contributed by atoms with Crippen molar-refractivity contribution in [3.8, 4) is 5.75 Å². The number of benzene rings is 2. The minimum Gasteiger partial charge on any atom is -0.497 e. The zero-order valence-electron chi connectivity index (χ0n) is 18.4. The Hall–Kier alpha value is -2.57. The highest BCUT2D eigenvalue weighted by Crippen LogP contribution is 2.15. The van der Waals surface area contributed by atoms with E-state index in [0.717, 1.165) is 57.6 Å². The van der Waals surface area contributed by atoms with Crippen molar-refractivity contribution in [2.24, 2.45) is 4.99 Å². The van der Waals surface area contributed by atoms with Gasteiger partial charge in [0.2, 0.25) is 0 Å². The molecule has 6 nitrogen and oxygen atoms in total. The molecule has 1 heterocycles. The first-order valence-corrected chi connectivity index (χ1v) is 10.7. The van der Waals surface area contributed by atoms with Crippen molar-refractivity contribution in [3.63, 3.8) is 0 Å². The minimum atomic E-state index is 0.662. The van der Waals surface area contributed by atoms with Gasteiger partial charge in [-0.25, -0.2) is 4.99 Å². The van der Waals surface area contributed by atoms with Gasteiger partial charge >= 0.3 is 0 Å². The van der Waals surface area contributed by atoms with Crippen LogP contribution in [0.3, 0.4) is 0 Å². The van der Waals surface area contributed by atoms with E-state index in [9.17, 15) is 0 Å². The monoisotopic (exact) mass is 410 g/mol. The summed E-state index contributed by atoms with van der Waals surface area (Å²) in [5.74, 6) is 1.79. The van der Waals surface area contributed by atoms with Crippen molar-refractivity contribution < 1.29 is 9.47 Å². The number of guanidine groups is 1. The number of aliphatic imine (C=N–C) groups is 1. The summed E-state index contributed by atoms with van der Waals surface area (Å²) >= 11 is 0. The van der Waals surface area contributed by atoms with Crippen molar-refractivity contribution in [3.05, 3.63) is 65.2 Å². The van der Waals surface area contributed by atoms with E-state index in [4.69, 9.17) is 14.5 Å². The van der Waals surface area contributed by atoms with E-state index in [1.807, 2.05) is 12.1 Å². The van der Waals surface area contributed by atoms with E-state index in [1.165, 1.54) is 16.7 Å².